The number of hydrogen-bond donors (Lipinski definition) is 1. The number of amides is 1. The molecule has 0 radical (unpaired) electrons. The van der Waals surface area contributed by atoms with Crippen LogP contribution in [0.5, 0.6) is 17.2 Å². The standard InChI is InChI=1S/C24H22Cl2N2O4/c1-16-5-3-6-18(11-16)31-15-24(29)28-27-13-17-9-10-22(23(12-17)30-2)32-14-19-20(25)7-4-8-21(19)26/h3-13H,14-15H2,1-2H3,(H,28,29)/b27-13+. The third kappa shape index (κ3) is 6.64. The summed E-state index contributed by atoms with van der Waals surface area (Å²) in [5, 5.41) is 5.02. The van der Waals surface area contributed by atoms with Crippen LogP contribution in [0.2, 0.25) is 10.0 Å². The van der Waals surface area contributed by atoms with Crippen LogP contribution in [0.1, 0.15) is 16.7 Å². The van der Waals surface area contributed by atoms with Crippen LogP contribution in [0.15, 0.2) is 65.8 Å². The van der Waals surface area contributed by atoms with Gasteiger partial charge >= 0.3 is 0 Å². The molecule has 0 saturated carbocycles. The first-order valence-electron chi connectivity index (χ1n) is 9.71. The molecule has 0 atom stereocenters. The van der Waals surface area contributed by atoms with Gasteiger partial charge < -0.3 is 14.2 Å². The minimum absolute atomic E-state index is 0.137. The Morgan fingerprint density at radius 1 is 1.00 bits per heavy atom. The van der Waals surface area contributed by atoms with Gasteiger partial charge in [-0.3, -0.25) is 4.79 Å². The zero-order chi connectivity index (χ0) is 22.9. The number of carbonyl (C=O) groups excluding carboxylic acids is 1. The van der Waals surface area contributed by atoms with Crippen LogP contribution < -0.4 is 19.6 Å². The molecule has 1 N–H and O–H groups in total. The zero-order valence-corrected chi connectivity index (χ0v) is 19.1. The maximum atomic E-state index is 11.9. The molecule has 32 heavy (non-hydrogen) atoms. The lowest BCUT2D eigenvalue weighted by atomic mass is 10.2. The zero-order valence-electron chi connectivity index (χ0n) is 17.6. The minimum atomic E-state index is -0.369. The lowest BCUT2D eigenvalue weighted by Gasteiger charge is -2.13. The number of methoxy groups -OCH3 is 1. The van der Waals surface area contributed by atoms with Crippen LogP contribution in [0, 0.1) is 6.92 Å². The molecule has 0 saturated heterocycles. The number of ether oxygens (including phenoxy) is 3. The highest BCUT2D eigenvalue weighted by Crippen LogP contribution is 2.31. The van der Waals surface area contributed by atoms with Gasteiger partial charge in [-0.25, -0.2) is 5.43 Å². The van der Waals surface area contributed by atoms with Crippen molar-refractivity contribution in [1.82, 2.24) is 5.43 Å². The van der Waals surface area contributed by atoms with E-state index in [9.17, 15) is 4.79 Å². The van der Waals surface area contributed by atoms with Crippen molar-refractivity contribution >= 4 is 35.3 Å². The summed E-state index contributed by atoms with van der Waals surface area (Å²) in [5.41, 5.74) is 4.89. The number of halogens is 2. The van der Waals surface area contributed by atoms with Crippen molar-refractivity contribution in [3.05, 3.63) is 87.4 Å². The van der Waals surface area contributed by atoms with Crippen molar-refractivity contribution in [3.63, 3.8) is 0 Å². The number of carbonyl (C=O) groups is 1. The van der Waals surface area contributed by atoms with Crippen molar-refractivity contribution in [1.29, 1.82) is 0 Å². The van der Waals surface area contributed by atoms with Crippen molar-refractivity contribution in [2.75, 3.05) is 13.7 Å². The number of nitrogens with zero attached hydrogens (tertiary/aromatic N) is 1. The maximum Gasteiger partial charge on any atom is 0.277 e. The molecule has 0 aliphatic carbocycles. The fourth-order valence-corrected chi connectivity index (χ4v) is 3.28. The molecule has 3 aromatic carbocycles. The van der Waals surface area contributed by atoms with E-state index >= 15 is 0 Å². The highest BCUT2D eigenvalue weighted by atomic mass is 35.5. The van der Waals surface area contributed by atoms with Crippen LogP contribution >= 0.6 is 23.2 Å². The third-order valence-electron chi connectivity index (χ3n) is 4.38. The lowest BCUT2D eigenvalue weighted by Crippen LogP contribution is -2.24. The van der Waals surface area contributed by atoms with E-state index in [1.807, 2.05) is 25.1 Å². The van der Waals surface area contributed by atoms with Gasteiger partial charge in [-0.05, 0) is 60.5 Å². The van der Waals surface area contributed by atoms with Gasteiger partial charge in [0.15, 0.2) is 18.1 Å². The first kappa shape index (κ1) is 23.4. The Balaban J connectivity index is 1.55. The fourth-order valence-electron chi connectivity index (χ4n) is 2.77. The van der Waals surface area contributed by atoms with E-state index in [1.54, 1.807) is 42.5 Å². The van der Waals surface area contributed by atoms with Gasteiger partial charge in [-0.1, -0.05) is 41.4 Å². The highest BCUT2D eigenvalue weighted by molar-refractivity contribution is 6.35. The monoisotopic (exact) mass is 472 g/mol. The van der Waals surface area contributed by atoms with Gasteiger partial charge in [-0.15, -0.1) is 0 Å². The van der Waals surface area contributed by atoms with E-state index in [-0.39, 0.29) is 19.1 Å². The first-order chi connectivity index (χ1) is 15.5. The van der Waals surface area contributed by atoms with E-state index in [2.05, 4.69) is 10.5 Å². The number of aryl methyl sites for hydroxylation is 1. The predicted octanol–water partition coefficient (Wildman–Crippen LogP) is 5.42. The molecule has 0 aliphatic heterocycles. The van der Waals surface area contributed by atoms with Crippen molar-refractivity contribution < 1.29 is 19.0 Å². The SMILES string of the molecule is COc1cc(/C=N/NC(=O)COc2cccc(C)c2)ccc1OCc1c(Cl)cccc1Cl. The molecular formula is C24H22Cl2N2O4. The van der Waals surface area contributed by atoms with E-state index in [0.717, 1.165) is 5.56 Å². The van der Waals surface area contributed by atoms with Crippen LogP contribution in [0.4, 0.5) is 0 Å². The average Bonchev–Trinajstić information content (AvgIpc) is 2.78. The number of rotatable bonds is 9. The normalized spacial score (nSPS) is 10.8. The summed E-state index contributed by atoms with van der Waals surface area (Å²) in [5.74, 6) is 1.29. The Labute approximate surface area is 196 Å². The third-order valence-corrected chi connectivity index (χ3v) is 5.09. The average molecular weight is 473 g/mol. The second-order valence-corrected chi connectivity index (χ2v) is 7.61. The Kier molecular flexibility index (Phi) is 8.36. The molecule has 1 amide bonds. The van der Waals surface area contributed by atoms with Gasteiger partial charge in [0, 0.05) is 15.6 Å². The molecule has 0 unspecified atom stereocenters. The van der Waals surface area contributed by atoms with Gasteiger partial charge in [0.1, 0.15) is 12.4 Å². The molecule has 8 heteroatoms. The Morgan fingerprint density at radius 3 is 2.47 bits per heavy atom. The lowest BCUT2D eigenvalue weighted by molar-refractivity contribution is -0.123. The second kappa shape index (κ2) is 11.4. The minimum Gasteiger partial charge on any atom is -0.493 e. The molecule has 0 aliphatic rings. The summed E-state index contributed by atoms with van der Waals surface area (Å²) in [6.07, 6.45) is 1.50. The fraction of sp³-hybridized carbons (Fsp3) is 0.167. The Hall–Kier alpha value is -3.22. The smallest absolute Gasteiger partial charge is 0.277 e. The van der Waals surface area contributed by atoms with Gasteiger partial charge in [-0.2, -0.15) is 5.10 Å². The molecule has 6 nitrogen and oxygen atoms in total. The summed E-state index contributed by atoms with van der Waals surface area (Å²) in [4.78, 5) is 11.9. The molecule has 3 aromatic rings. The van der Waals surface area contributed by atoms with Crippen molar-refractivity contribution in [2.24, 2.45) is 5.10 Å². The summed E-state index contributed by atoms with van der Waals surface area (Å²) < 4.78 is 16.7. The van der Waals surface area contributed by atoms with Crippen LogP contribution in [-0.2, 0) is 11.4 Å². The number of benzene rings is 3. The molecule has 0 aromatic heterocycles. The molecular weight excluding hydrogens is 451 g/mol. The molecule has 0 bridgehead atoms. The van der Waals surface area contributed by atoms with E-state index in [1.165, 1.54) is 13.3 Å². The quantitative estimate of drug-likeness (QED) is 0.333. The first-order valence-corrected chi connectivity index (χ1v) is 10.5. The molecule has 0 spiro atoms. The summed E-state index contributed by atoms with van der Waals surface area (Å²) >= 11 is 12.4. The van der Waals surface area contributed by atoms with E-state index in [4.69, 9.17) is 37.4 Å². The molecule has 0 heterocycles. The van der Waals surface area contributed by atoms with E-state index < -0.39 is 0 Å². The van der Waals surface area contributed by atoms with Crippen molar-refractivity contribution in [3.8, 4) is 17.2 Å². The summed E-state index contributed by atoms with van der Waals surface area (Å²) in [6.45, 7) is 2.01. The van der Waals surface area contributed by atoms with Crippen LogP contribution in [0.3, 0.4) is 0 Å². The maximum absolute atomic E-state index is 11.9. The molecule has 166 valence electrons. The van der Waals surface area contributed by atoms with E-state index in [0.29, 0.717) is 38.4 Å². The summed E-state index contributed by atoms with van der Waals surface area (Å²) in [6, 6.07) is 18.0. The van der Waals surface area contributed by atoms with Gasteiger partial charge in [0.25, 0.3) is 5.91 Å². The summed E-state index contributed by atoms with van der Waals surface area (Å²) in [7, 11) is 1.54. The van der Waals surface area contributed by atoms with Gasteiger partial charge in [0.05, 0.1) is 13.3 Å². The number of hydrogen-bond acceptors (Lipinski definition) is 5. The largest absolute Gasteiger partial charge is 0.493 e. The molecule has 3 rings (SSSR count). The second-order valence-electron chi connectivity index (χ2n) is 6.80. The number of hydrazone groups is 1. The van der Waals surface area contributed by atoms with Crippen molar-refractivity contribution in [2.45, 2.75) is 13.5 Å². The van der Waals surface area contributed by atoms with Crippen LogP contribution in [-0.4, -0.2) is 25.8 Å². The van der Waals surface area contributed by atoms with Gasteiger partial charge in [0.2, 0.25) is 0 Å². The topological polar surface area (TPSA) is 69.2 Å². The Morgan fingerprint density at radius 2 is 1.75 bits per heavy atom. The molecule has 0 fully saturated rings. The Bertz CT molecular complexity index is 1100. The van der Waals surface area contributed by atoms with Crippen LogP contribution in [0.25, 0.3) is 0 Å². The highest BCUT2D eigenvalue weighted by Gasteiger charge is 2.10. The number of nitrogens with one attached hydrogen (secondary N) is 1. The predicted molar refractivity (Wildman–Crippen MR) is 126 cm³/mol.